The number of nitrogens with zero attached hydrogens (tertiary/aromatic N) is 6. The van der Waals surface area contributed by atoms with E-state index in [2.05, 4.69) is 65.4 Å². The summed E-state index contributed by atoms with van der Waals surface area (Å²) in [7, 11) is 0. The van der Waals surface area contributed by atoms with Gasteiger partial charge in [-0.3, -0.25) is 28.0 Å². The number of rotatable bonds is 6. The fourth-order valence-electron chi connectivity index (χ4n) is 11.7. The van der Waals surface area contributed by atoms with Crippen molar-refractivity contribution in [2.45, 2.75) is 79.1 Å². The van der Waals surface area contributed by atoms with Crippen molar-refractivity contribution in [1.82, 2.24) is 27.9 Å². The number of benzene rings is 7. The third-order valence-electron chi connectivity index (χ3n) is 14.5. The highest BCUT2D eigenvalue weighted by Gasteiger charge is 2.32. The third-order valence-corrected chi connectivity index (χ3v) is 14.5. The van der Waals surface area contributed by atoms with E-state index < -0.39 is 0 Å². The summed E-state index contributed by atoms with van der Waals surface area (Å²) in [5, 5.41) is 9.56. The van der Waals surface area contributed by atoms with Gasteiger partial charge in [0, 0.05) is 64.6 Å². The molecule has 0 aliphatic rings. The normalized spacial score (nSPS) is 13.2. The summed E-state index contributed by atoms with van der Waals surface area (Å²) >= 11 is 0. The number of hydrogen-bond donors (Lipinski definition) is 0. The maximum atomic E-state index is 15.5. The van der Waals surface area contributed by atoms with Crippen molar-refractivity contribution < 1.29 is 0 Å². The molecule has 10 nitrogen and oxygen atoms in total. The van der Waals surface area contributed by atoms with Crippen LogP contribution in [0.1, 0.15) is 101 Å². The number of imidazole rings is 2. The molecule has 0 radical (unpaired) electrons. The number of aromatic nitrogens is 6. The van der Waals surface area contributed by atoms with Gasteiger partial charge in [0.15, 0.2) is 0 Å². The van der Waals surface area contributed by atoms with Gasteiger partial charge in [0.25, 0.3) is 22.2 Å². The second-order valence-corrected chi connectivity index (χ2v) is 19.2. The lowest BCUT2D eigenvalue weighted by atomic mass is 9.81. The van der Waals surface area contributed by atoms with Gasteiger partial charge in [-0.15, -0.1) is 0 Å². The van der Waals surface area contributed by atoms with Gasteiger partial charge >= 0.3 is 0 Å². The summed E-state index contributed by atoms with van der Waals surface area (Å²) in [4.78, 5) is 71.2. The van der Waals surface area contributed by atoms with E-state index in [1.165, 1.54) is 9.13 Å². The van der Waals surface area contributed by atoms with Gasteiger partial charge in [-0.1, -0.05) is 91.8 Å². The second-order valence-electron chi connectivity index (χ2n) is 19.2. The average molecular weight is 839 g/mol. The number of para-hydroxylation sites is 2. The van der Waals surface area contributed by atoms with Crippen molar-refractivity contribution in [1.29, 1.82) is 0 Å². The quantitative estimate of drug-likeness (QED) is 0.122. The molecule has 7 aromatic carbocycles. The second kappa shape index (κ2) is 12.2. The van der Waals surface area contributed by atoms with Gasteiger partial charge in [-0.05, 0) is 70.2 Å². The average Bonchev–Trinajstić information content (AvgIpc) is 3.98. The van der Waals surface area contributed by atoms with Crippen molar-refractivity contribution in [3.05, 3.63) is 149 Å². The van der Waals surface area contributed by atoms with E-state index in [9.17, 15) is 0 Å². The van der Waals surface area contributed by atoms with E-state index in [0.717, 1.165) is 87.4 Å². The zero-order chi connectivity index (χ0) is 44.1. The Morgan fingerprint density at radius 2 is 0.703 bits per heavy atom. The molecule has 0 saturated carbocycles. The van der Waals surface area contributed by atoms with Crippen LogP contribution in [0.15, 0.2) is 105 Å². The first-order valence-corrected chi connectivity index (χ1v) is 22.3. The van der Waals surface area contributed by atoms with Crippen LogP contribution in [0.3, 0.4) is 0 Å². The first-order valence-electron chi connectivity index (χ1n) is 22.3. The molecule has 312 valence electrons. The molecular formula is C54H42N6O4. The molecule has 0 N–H and O–H groups in total. The van der Waals surface area contributed by atoms with E-state index in [1.807, 2.05) is 69.5 Å². The monoisotopic (exact) mass is 838 g/mol. The molecule has 10 heteroatoms. The number of fused-ring (bicyclic) bond motifs is 6. The van der Waals surface area contributed by atoms with Gasteiger partial charge in [0.05, 0.1) is 69.3 Å². The SMILES string of the molecule is CC(C)c1cccc(C(C)C)c1-n1c(=O)c2cc3c4c5c2c(cc2c5c5c(cc6c(=O)n(-c7c(C(C)C)cccc7C(C)C)c(=O)c7cc(c4c5c67)n4cncc34)c3cncn32)c1=O. The predicted molar refractivity (Wildman–Crippen MR) is 260 cm³/mol. The molecule has 0 unspecified atom stereocenters. The molecule has 13 aromatic rings. The molecule has 0 aliphatic heterocycles. The van der Waals surface area contributed by atoms with E-state index in [-0.39, 0.29) is 45.9 Å². The maximum absolute atomic E-state index is 15.5. The minimum absolute atomic E-state index is 0.0414. The fraction of sp³-hybridized carbons (Fsp3) is 0.222. The van der Waals surface area contributed by atoms with Gasteiger partial charge in [0.2, 0.25) is 0 Å². The molecular weight excluding hydrogens is 797 g/mol. The van der Waals surface area contributed by atoms with Crippen LogP contribution in [-0.4, -0.2) is 27.9 Å². The van der Waals surface area contributed by atoms with Gasteiger partial charge < -0.3 is 0 Å². The van der Waals surface area contributed by atoms with Crippen LogP contribution in [0.5, 0.6) is 0 Å². The third kappa shape index (κ3) is 4.22. The van der Waals surface area contributed by atoms with Crippen molar-refractivity contribution in [2.24, 2.45) is 0 Å². The molecule has 6 heterocycles. The van der Waals surface area contributed by atoms with Crippen molar-refractivity contribution in [3.63, 3.8) is 0 Å². The van der Waals surface area contributed by atoms with Gasteiger partial charge in [-0.25, -0.2) is 19.1 Å². The molecule has 0 atom stereocenters. The summed E-state index contributed by atoms with van der Waals surface area (Å²) in [6.07, 6.45) is 7.12. The number of hydrogen-bond acceptors (Lipinski definition) is 6. The Labute approximate surface area is 363 Å². The van der Waals surface area contributed by atoms with E-state index >= 15 is 19.2 Å². The van der Waals surface area contributed by atoms with Crippen LogP contribution in [0, 0.1) is 0 Å². The molecule has 0 saturated heterocycles. The highest BCUT2D eigenvalue weighted by atomic mass is 16.2. The van der Waals surface area contributed by atoms with Gasteiger partial charge in [0.1, 0.15) is 0 Å². The Kier molecular flexibility index (Phi) is 7.06. The smallest absolute Gasteiger partial charge is 0.266 e. The Hall–Kier alpha value is -7.46. The van der Waals surface area contributed by atoms with Crippen LogP contribution in [-0.2, 0) is 0 Å². The minimum atomic E-state index is -0.376. The van der Waals surface area contributed by atoms with Crippen LogP contribution in [0.2, 0.25) is 0 Å². The maximum Gasteiger partial charge on any atom is 0.266 e. The molecule has 0 aliphatic carbocycles. The zero-order valence-corrected chi connectivity index (χ0v) is 36.7. The number of pyridine rings is 4. The van der Waals surface area contributed by atoms with Crippen molar-refractivity contribution in [2.75, 3.05) is 0 Å². The summed E-state index contributed by atoms with van der Waals surface area (Å²) in [6, 6.07) is 19.8. The summed E-state index contributed by atoms with van der Waals surface area (Å²) in [5.74, 6) is 0.166. The van der Waals surface area contributed by atoms with Crippen LogP contribution >= 0.6 is 0 Å². The molecule has 0 spiro atoms. The largest absolute Gasteiger partial charge is 0.298 e. The Morgan fingerprint density at radius 1 is 0.375 bits per heavy atom. The molecule has 0 fully saturated rings. The Balaban J connectivity index is 1.33. The molecule has 0 bridgehead atoms. The van der Waals surface area contributed by atoms with E-state index in [0.29, 0.717) is 43.7 Å². The fourth-order valence-corrected chi connectivity index (χ4v) is 11.7. The predicted octanol–water partition coefficient (Wildman–Crippen LogP) is 10.9. The molecule has 6 aromatic heterocycles. The van der Waals surface area contributed by atoms with Crippen LogP contribution in [0.4, 0.5) is 0 Å². The first-order chi connectivity index (χ1) is 30.8. The van der Waals surface area contributed by atoms with Crippen molar-refractivity contribution in [3.8, 4) is 11.4 Å². The summed E-state index contributed by atoms with van der Waals surface area (Å²) < 4.78 is 6.85. The van der Waals surface area contributed by atoms with E-state index in [1.54, 1.807) is 25.0 Å². The van der Waals surface area contributed by atoms with Crippen LogP contribution in [0.25, 0.3) is 109 Å². The minimum Gasteiger partial charge on any atom is -0.298 e. The highest BCUT2D eigenvalue weighted by Crippen LogP contribution is 2.52. The Bertz CT molecular complexity index is 3870. The Morgan fingerprint density at radius 3 is 1.03 bits per heavy atom. The topological polar surface area (TPSA) is 113 Å². The first kappa shape index (κ1) is 37.1. The summed E-state index contributed by atoms with van der Waals surface area (Å²) in [6.45, 7) is 16.7. The standard InChI is InChI=1S/C54H42N6O4/c1-23(2)27-11-9-12-28(24(3)4)49(27)59-51(61)33-15-31-39-19-55-22-58(39)38-18-36-42-34(52(62)60(54(36)64)50-29(25(5)6)13-10-14-30(50)26(7)8)16-32-40-20-56-21-57(40)37-17-35(53(59)63)41(33)47-43(31)46(38)48(42)44(32)45(37)47/h9-26H,1-8H3. The molecule has 0 amide bonds. The highest BCUT2D eigenvalue weighted by molar-refractivity contribution is 6.50. The lowest BCUT2D eigenvalue weighted by Crippen LogP contribution is -2.34. The summed E-state index contributed by atoms with van der Waals surface area (Å²) in [5.41, 5.74) is 6.52. The lowest BCUT2D eigenvalue weighted by molar-refractivity contribution is 0.792. The lowest BCUT2D eigenvalue weighted by Gasteiger charge is -2.26. The van der Waals surface area contributed by atoms with Crippen molar-refractivity contribution >= 4 is 97.5 Å². The van der Waals surface area contributed by atoms with Gasteiger partial charge in [-0.2, -0.15) is 0 Å². The van der Waals surface area contributed by atoms with E-state index in [4.69, 9.17) is 0 Å². The zero-order valence-electron chi connectivity index (χ0n) is 36.7. The molecule has 64 heavy (non-hydrogen) atoms. The van der Waals surface area contributed by atoms with Crippen LogP contribution < -0.4 is 22.2 Å². The molecule has 13 rings (SSSR count).